The molecule has 1 aromatic heterocycles. The van der Waals surface area contributed by atoms with Crippen molar-refractivity contribution < 1.29 is 4.79 Å². The Hall–Kier alpha value is -1.07. The van der Waals surface area contributed by atoms with Gasteiger partial charge in [-0.2, -0.15) is 5.10 Å². The largest absolute Gasteiger partial charge is 0.337 e. The van der Waals surface area contributed by atoms with E-state index in [1.807, 2.05) is 15.6 Å². The maximum absolute atomic E-state index is 13.0. The zero-order chi connectivity index (χ0) is 17.5. The average Bonchev–Trinajstić information content (AvgIpc) is 3.09. The van der Waals surface area contributed by atoms with Gasteiger partial charge in [-0.1, -0.05) is 13.8 Å². The van der Waals surface area contributed by atoms with Crippen LogP contribution in [0.4, 0.5) is 0 Å². The molecule has 2 atom stereocenters. The Morgan fingerprint density at radius 3 is 2.20 bits per heavy atom. The minimum atomic E-state index is -0.111. The third kappa shape index (κ3) is 4.20. The molecule has 142 valence electrons. The summed E-state index contributed by atoms with van der Waals surface area (Å²) in [5, 5.41) is 8.18. The van der Waals surface area contributed by atoms with Gasteiger partial charge in [-0.15, -0.1) is 12.4 Å². The summed E-state index contributed by atoms with van der Waals surface area (Å²) >= 11 is 0. The number of fused-ring (bicyclic) bond motifs is 1. The number of carbonyl (C=O) groups is 1. The molecular weight excluding hydrogens is 336 g/mol. The maximum atomic E-state index is 13.0. The second kappa shape index (κ2) is 7.67. The Bertz CT molecular complexity index is 591. The molecule has 3 rings (SSSR count). The zero-order valence-electron chi connectivity index (χ0n) is 16.2. The van der Waals surface area contributed by atoms with Crippen molar-refractivity contribution in [2.75, 3.05) is 26.2 Å². The standard InChI is InChI=1S/C19H32N4O.ClH/c1-13(2)17-10-16(21-23(17)19(3,4)5)18(24)22-8-6-14-11-20-12-15(14)7-9-22;/h10,13-15,20H,6-9,11-12H2,1-5H3;1H/t14-,15+;. The molecule has 0 unspecified atom stereocenters. The molecule has 0 spiro atoms. The van der Waals surface area contributed by atoms with Gasteiger partial charge >= 0.3 is 0 Å². The van der Waals surface area contributed by atoms with Gasteiger partial charge in [-0.05, 0) is 70.5 Å². The summed E-state index contributed by atoms with van der Waals surface area (Å²) in [6.07, 6.45) is 2.22. The second-order valence-corrected chi connectivity index (χ2v) is 8.74. The van der Waals surface area contributed by atoms with E-state index in [2.05, 4.69) is 39.9 Å². The van der Waals surface area contributed by atoms with E-state index >= 15 is 0 Å². The lowest BCUT2D eigenvalue weighted by molar-refractivity contribution is 0.0751. The van der Waals surface area contributed by atoms with Crippen molar-refractivity contribution in [1.82, 2.24) is 20.0 Å². The molecule has 6 heteroatoms. The van der Waals surface area contributed by atoms with Gasteiger partial charge in [0.15, 0.2) is 5.69 Å². The lowest BCUT2D eigenvalue weighted by atomic mass is 9.92. The normalized spacial score (nSPS) is 24.0. The predicted octanol–water partition coefficient (Wildman–Crippen LogP) is 3.25. The van der Waals surface area contributed by atoms with Crippen LogP contribution in [0.2, 0.25) is 0 Å². The first-order valence-electron chi connectivity index (χ1n) is 9.38. The smallest absolute Gasteiger partial charge is 0.274 e. The molecule has 0 radical (unpaired) electrons. The number of amides is 1. The molecule has 0 bridgehead atoms. The molecule has 2 aliphatic rings. The number of hydrogen-bond donors (Lipinski definition) is 1. The van der Waals surface area contributed by atoms with Crippen LogP contribution in [-0.4, -0.2) is 46.8 Å². The number of aromatic nitrogens is 2. The second-order valence-electron chi connectivity index (χ2n) is 8.74. The van der Waals surface area contributed by atoms with Crippen molar-refractivity contribution in [1.29, 1.82) is 0 Å². The highest BCUT2D eigenvalue weighted by molar-refractivity contribution is 5.92. The summed E-state index contributed by atoms with van der Waals surface area (Å²) in [5.41, 5.74) is 1.64. The van der Waals surface area contributed by atoms with Gasteiger partial charge in [0.1, 0.15) is 0 Å². The van der Waals surface area contributed by atoms with Crippen LogP contribution in [0.15, 0.2) is 6.07 Å². The molecule has 3 heterocycles. The Morgan fingerprint density at radius 1 is 1.20 bits per heavy atom. The minimum Gasteiger partial charge on any atom is -0.337 e. The molecule has 0 saturated carbocycles. The molecule has 2 aliphatic heterocycles. The zero-order valence-corrected chi connectivity index (χ0v) is 17.0. The molecule has 5 nitrogen and oxygen atoms in total. The van der Waals surface area contributed by atoms with Crippen LogP contribution in [0, 0.1) is 11.8 Å². The summed E-state index contributed by atoms with van der Waals surface area (Å²) in [6.45, 7) is 14.7. The molecule has 0 aromatic carbocycles. The van der Waals surface area contributed by atoms with Crippen LogP contribution >= 0.6 is 12.4 Å². The SMILES string of the molecule is CC(C)c1cc(C(=O)N2CC[C@@H]3CNC[C@@H]3CC2)nn1C(C)(C)C.Cl. The van der Waals surface area contributed by atoms with Crippen molar-refractivity contribution in [2.45, 2.75) is 58.9 Å². The highest BCUT2D eigenvalue weighted by Crippen LogP contribution is 2.28. The highest BCUT2D eigenvalue weighted by Gasteiger charge is 2.33. The summed E-state index contributed by atoms with van der Waals surface area (Å²) in [5.74, 6) is 1.93. The fourth-order valence-electron chi connectivity index (χ4n) is 4.03. The number of hydrogen-bond acceptors (Lipinski definition) is 3. The van der Waals surface area contributed by atoms with Gasteiger partial charge in [0.05, 0.1) is 5.54 Å². The van der Waals surface area contributed by atoms with Crippen molar-refractivity contribution in [3.05, 3.63) is 17.5 Å². The number of halogens is 1. The van der Waals surface area contributed by atoms with Crippen molar-refractivity contribution in [3.63, 3.8) is 0 Å². The Labute approximate surface area is 157 Å². The third-order valence-electron chi connectivity index (χ3n) is 5.49. The number of nitrogens with zero attached hydrogens (tertiary/aromatic N) is 3. The van der Waals surface area contributed by atoms with E-state index < -0.39 is 0 Å². The third-order valence-corrected chi connectivity index (χ3v) is 5.49. The molecule has 0 aliphatic carbocycles. The quantitative estimate of drug-likeness (QED) is 0.871. The molecule has 2 saturated heterocycles. The lowest BCUT2D eigenvalue weighted by Crippen LogP contribution is -2.33. The highest BCUT2D eigenvalue weighted by atomic mass is 35.5. The summed E-state index contributed by atoms with van der Waals surface area (Å²) in [7, 11) is 0. The van der Waals surface area contributed by atoms with Gasteiger partial charge < -0.3 is 10.2 Å². The van der Waals surface area contributed by atoms with Gasteiger partial charge in [0.25, 0.3) is 5.91 Å². The van der Waals surface area contributed by atoms with E-state index in [0.717, 1.165) is 56.6 Å². The fraction of sp³-hybridized carbons (Fsp3) is 0.789. The molecule has 1 amide bonds. The van der Waals surface area contributed by atoms with Gasteiger partial charge in [0.2, 0.25) is 0 Å². The summed E-state index contributed by atoms with van der Waals surface area (Å²) < 4.78 is 2.03. The lowest BCUT2D eigenvalue weighted by Gasteiger charge is -2.24. The number of carbonyl (C=O) groups excluding carboxylic acids is 1. The first kappa shape index (κ1) is 20.2. The predicted molar refractivity (Wildman–Crippen MR) is 104 cm³/mol. The van der Waals surface area contributed by atoms with Gasteiger partial charge in [0, 0.05) is 18.8 Å². The van der Waals surface area contributed by atoms with Crippen molar-refractivity contribution in [3.8, 4) is 0 Å². The molecule has 2 fully saturated rings. The van der Waals surface area contributed by atoms with E-state index in [1.165, 1.54) is 0 Å². The van der Waals surface area contributed by atoms with E-state index in [-0.39, 0.29) is 23.9 Å². The number of nitrogens with one attached hydrogen (secondary N) is 1. The first-order valence-corrected chi connectivity index (χ1v) is 9.38. The topological polar surface area (TPSA) is 50.2 Å². The molecule has 25 heavy (non-hydrogen) atoms. The van der Waals surface area contributed by atoms with Gasteiger partial charge in [-0.3, -0.25) is 9.48 Å². The van der Waals surface area contributed by atoms with E-state index in [9.17, 15) is 4.79 Å². The van der Waals surface area contributed by atoms with Crippen molar-refractivity contribution in [2.24, 2.45) is 11.8 Å². The van der Waals surface area contributed by atoms with Crippen LogP contribution in [0.1, 0.15) is 69.6 Å². The van der Waals surface area contributed by atoms with Crippen molar-refractivity contribution >= 4 is 18.3 Å². The van der Waals surface area contributed by atoms with E-state index in [0.29, 0.717) is 11.6 Å². The molecule has 1 N–H and O–H groups in total. The minimum absolute atomic E-state index is 0. The average molecular weight is 369 g/mol. The first-order chi connectivity index (χ1) is 11.3. The van der Waals surface area contributed by atoms with Crippen LogP contribution in [-0.2, 0) is 5.54 Å². The monoisotopic (exact) mass is 368 g/mol. The summed E-state index contributed by atoms with van der Waals surface area (Å²) in [6, 6.07) is 2.01. The van der Waals surface area contributed by atoms with Crippen LogP contribution in [0.25, 0.3) is 0 Å². The van der Waals surface area contributed by atoms with E-state index in [1.54, 1.807) is 0 Å². The molecular formula is C19H33ClN4O. The van der Waals surface area contributed by atoms with Gasteiger partial charge in [-0.25, -0.2) is 0 Å². The Kier molecular flexibility index (Phi) is 6.21. The van der Waals surface area contributed by atoms with E-state index in [4.69, 9.17) is 5.10 Å². The Balaban J connectivity index is 0.00000225. The number of rotatable bonds is 2. The maximum Gasteiger partial charge on any atom is 0.274 e. The van der Waals surface area contributed by atoms with Crippen LogP contribution in [0.5, 0.6) is 0 Å². The summed E-state index contributed by atoms with van der Waals surface area (Å²) in [4.78, 5) is 15.0. The fourth-order valence-corrected chi connectivity index (χ4v) is 4.03. The number of likely N-dealkylation sites (tertiary alicyclic amines) is 1. The molecule has 1 aromatic rings. The van der Waals surface area contributed by atoms with Crippen LogP contribution < -0.4 is 5.32 Å². The van der Waals surface area contributed by atoms with Crippen LogP contribution in [0.3, 0.4) is 0 Å². The Morgan fingerprint density at radius 2 is 1.76 bits per heavy atom.